The van der Waals surface area contributed by atoms with E-state index in [1.165, 1.54) is 6.07 Å². The van der Waals surface area contributed by atoms with Gasteiger partial charge >= 0.3 is 5.97 Å². The smallest absolute Gasteiger partial charge is 0.335 e. The van der Waals surface area contributed by atoms with E-state index in [2.05, 4.69) is 20.3 Å². The second-order valence-corrected chi connectivity index (χ2v) is 8.78. The number of nitrogens with two attached hydrogens (primary N) is 1. The zero-order valence-corrected chi connectivity index (χ0v) is 20.1. The molecule has 0 aliphatic carbocycles. The Bertz CT molecular complexity index is 1390. The molecular weight excluding hydrogens is 450 g/mol. The molecular formula is C25H25N5O3S. The number of carboxylic acid groups (broad SMARTS) is 1. The summed E-state index contributed by atoms with van der Waals surface area (Å²) in [6.45, 7) is 7.59. The van der Waals surface area contributed by atoms with Gasteiger partial charge in [-0.3, -0.25) is 10.1 Å². The van der Waals surface area contributed by atoms with Gasteiger partial charge in [-0.1, -0.05) is 12.1 Å². The Hall–Kier alpha value is -3.69. The molecule has 4 aromatic rings. The van der Waals surface area contributed by atoms with Crippen LogP contribution in [0.2, 0.25) is 0 Å². The van der Waals surface area contributed by atoms with E-state index in [0.717, 1.165) is 56.1 Å². The minimum Gasteiger partial charge on any atom is -0.491 e. The number of benzene rings is 2. The third-order valence-electron chi connectivity index (χ3n) is 5.17. The van der Waals surface area contributed by atoms with Crippen LogP contribution in [0.5, 0.6) is 5.75 Å². The van der Waals surface area contributed by atoms with Gasteiger partial charge in [0, 0.05) is 40.8 Å². The van der Waals surface area contributed by atoms with Crippen molar-refractivity contribution in [3.05, 3.63) is 65.9 Å². The summed E-state index contributed by atoms with van der Waals surface area (Å²) in [6, 6.07) is 10.8. The van der Waals surface area contributed by atoms with Gasteiger partial charge in [-0.25, -0.2) is 14.8 Å². The number of pyridine rings is 1. The van der Waals surface area contributed by atoms with Crippen LogP contribution in [-0.4, -0.2) is 32.1 Å². The molecule has 0 unspecified atom stereocenters. The molecule has 174 valence electrons. The lowest BCUT2D eigenvalue weighted by Gasteiger charge is -2.17. The Morgan fingerprint density at radius 1 is 1.12 bits per heavy atom. The third-order valence-corrected chi connectivity index (χ3v) is 5.73. The molecule has 2 heterocycles. The molecule has 0 aliphatic heterocycles. The van der Waals surface area contributed by atoms with Crippen molar-refractivity contribution in [1.29, 1.82) is 0 Å². The van der Waals surface area contributed by atoms with Gasteiger partial charge in [0.1, 0.15) is 11.6 Å². The van der Waals surface area contributed by atoms with Gasteiger partial charge in [0.05, 0.1) is 27.8 Å². The van der Waals surface area contributed by atoms with Gasteiger partial charge in [-0.15, -0.1) is 0 Å². The molecule has 0 radical (unpaired) electrons. The molecule has 0 fully saturated rings. The van der Waals surface area contributed by atoms with Crippen molar-refractivity contribution < 1.29 is 14.6 Å². The predicted molar refractivity (Wildman–Crippen MR) is 135 cm³/mol. The van der Waals surface area contributed by atoms with Gasteiger partial charge < -0.3 is 15.2 Å². The molecule has 0 atom stereocenters. The summed E-state index contributed by atoms with van der Waals surface area (Å²) in [5, 5.41) is 19.7. The number of nitrogens with zero attached hydrogens (tertiary/aromatic N) is 3. The van der Waals surface area contributed by atoms with Crippen LogP contribution >= 0.6 is 11.9 Å². The van der Waals surface area contributed by atoms with Gasteiger partial charge in [-0.05, 0) is 63.4 Å². The van der Waals surface area contributed by atoms with Gasteiger partial charge in [0.15, 0.2) is 0 Å². The van der Waals surface area contributed by atoms with Crippen LogP contribution < -0.4 is 15.2 Å². The minimum atomic E-state index is -1.04. The standard InChI is InChI=1S/C25H25N5O3S/c1-13(2)33-19-8-17(25(31)32)7-18(10-19)30-24-20-6-5-16(9-22(20)28-12-23(24)34-26)21-11-27-15(4)29-14(21)3/h5-13H,26H2,1-4H3,(H,28,30)(H,31,32). The number of carbonyl (C=O) groups is 1. The van der Waals surface area contributed by atoms with E-state index in [0.29, 0.717) is 11.4 Å². The second-order valence-electron chi connectivity index (χ2n) is 8.11. The van der Waals surface area contributed by atoms with Crippen LogP contribution in [0.25, 0.3) is 22.0 Å². The Labute approximate surface area is 201 Å². The van der Waals surface area contributed by atoms with Crippen molar-refractivity contribution in [2.24, 2.45) is 5.14 Å². The SMILES string of the molecule is Cc1ncc(-c2ccc3c(Nc4cc(OC(C)C)cc(C(=O)O)c4)c(SN)cnc3c2)c(C)n1. The molecule has 2 aromatic heterocycles. The number of anilines is 2. The molecule has 0 spiro atoms. The quantitative estimate of drug-likeness (QED) is 0.297. The molecule has 0 aliphatic rings. The average molecular weight is 476 g/mol. The van der Waals surface area contributed by atoms with E-state index >= 15 is 0 Å². The molecule has 34 heavy (non-hydrogen) atoms. The Balaban J connectivity index is 1.80. The largest absolute Gasteiger partial charge is 0.491 e. The first-order chi connectivity index (χ1) is 16.2. The summed E-state index contributed by atoms with van der Waals surface area (Å²) >= 11 is 1.07. The average Bonchev–Trinajstić information content (AvgIpc) is 2.78. The Morgan fingerprint density at radius 3 is 2.59 bits per heavy atom. The van der Waals surface area contributed by atoms with Gasteiger partial charge in [-0.2, -0.15) is 0 Å². The molecule has 0 amide bonds. The first-order valence-electron chi connectivity index (χ1n) is 10.7. The second kappa shape index (κ2) is 9.66. The van der Waals surface area contributed by atoms with Crippen LogP contribution in [0.3, 0.4) is 0 Å². The first kappa shape index (κ1) is 23.5. The summed E-state index contributed by atoms with van der Waals surface area (Å²) in [5.74, 6) is 0.154. The van der Waals surface area contributed by atoms with E-state index in [-0.39, 0.29) is 11.7 Å². The maximum Gasteiger partial charge on any atom is 0.335 e. The number of aryl methyl sites for hydroxylation is 2. The maximum absolute atomic E-state index is 11.7. The predicted octanol–water partition coefficient (Wildman–Crippen LogP) is 5.50. The van der Waals surface area contributed by atoms with Crippen molar-refractivity contribution in [3.8, 4) is 16.9 Å². The zero-order valence-electron chi connectivity index (χ0n) is 19.3. The Morgan fingerprint density at radius 2 is 1.91 bits per heavy atom. The Kier molecular flexibility index (Phi) is 6.67. The summed E-state index contributed by atoms with van der Waals surface area (Å²) in [6.07, 6.45) is 3.42. The summed E-state index contributed by atoms with van der Waals surface area (Å²) in [7, 11) is 0. The fourth-order valence-corrected chi connectivity index (χ4v) is 4.10. The van der Waals surface area contributed by atoms with Crippen molar-refractivity contribution in [2.45, 2.75) is 38.7 Å². The lowest BCUT2D eigenvalue weighted by Crippen LogP contribution is -2.07. The highest BCUT2D eigenvalue weighted by Gasteiger charge is 2.15. The number of rotatable bonds is 7. The fraction of sp³-hybridized carbons (Fsp3) is 0.200. The van der Waals surface area contributed by atoms with Crippen molar-refractivity contribution in [2.75, 3.05) is 5.32 Å². The van der Waals surface area contributed by atoms with Gasteiger partial charge in [0.2, 0.25) is 0 Å². The fourth-order valence-electron chi connectivity index (χ4n) is 3.71. The molecule has 4 rings (SSSR count). The lowest BCUT2D eigenvalue weighted by molar-refractivity contribution is 0.0696. The van der Waals surface area contributed by atoms with E-state index < -0.39 is 5.97 Å². The van der Waals surface area contributed by atoms with E-state index in [4.69, 9.17) is 9.88 Å². The molecule has 0 saturated carbocycles. The number of hydrogen-bond donors (Lipinski definition) is 3. The number of carboxylic acids is 1. The van der Waals surface area contributed by atoms with E-state index in [1.54, 1.807) is 18.3 Å². The number of aromatic carboxylic acids is 1. The molecule has 2 aromatic carbocycles. The first-order valence-corrected chi connectivity index (χ1v) is 11.5. The molecule has 4 N–H and O–H groups in total. The summed E-state index contributed by atoms with van der Waals surface area (Å²) < 4.78 is 5.75. The monoisotopic (exact) mass is 475 g/mol. The highest BCUT2D eigenvalue weighted by molar-refractivity contribution is 7.97. The van der Waals surface area contributed by atoms with Gasteiger partial charge in [0.25, 0.3) is 0 Å². The zero-order chi connectivity index (χ0) is 24.4. The molecule has 0 bridgehead atoms. The highest BCUT2D eigenvalue weighted by Crippen LogP contribution is 2.36. The van der Waals surface area contributed by atoms with Crippen LogP contribution in [-0.2, 0) is 0 Å². The van der Waals surface area contributed by atoms with Crippen molar-refractivity contribution in [3.63, 3.8) is 0 Å². The van der Waals surface area contributed by atoms with Crippen LogP contribution in [0.15, 0.2) is 53.7 Å². The maximum atomic E-state index is 11.7. The highest BCUT2D eigenvalue weighted by atomic mass is 32.2. The van der Waals surface area contributed by atoms with Crippen LogP contribution in [0.1, 0.15) is 35.7 Å². The van der Waals surface area contributed by atoms with Crippen LogP contribution in [0.4, 0.5) is 11.4 Å². The topological polar surface area (TPSA) is 123 Å². The van der Waals surface area contributed by atoms with E-state index in [9.17, 15) is 9.90 Å². The minimum absolute atomic E-state index is 0.0959. The molecule has 0 saturated heterocycles. The van der Waals surface area contributed by atoms with Crippen molar-refractivity contribution >= 4 is 40.2 Å². The number of hydrogen-bond acceptors (Lipinski definition) is 8. The summed E-state index contributed by atoms with van der Waals surface area (Å²) in [4.78, 5) is 25.8. The van der Waals surface area contributed by atoms with Crippen LogP contribution in [0, 0.1) is 13.8 Å². The number of aromatic nitrogens is 3. The normalized spacial score (nSPS) is 11.1. The van der Waals surface area contributed by atoms with Crippen molar-refractivity contribution in [1.82, 2.24) is 15.0 Å². The number of ether oxygens (including phenoxy) is 1. The number of fused-ring (bicyclic) bond motifs is 1. The van der Waals surface area contributed by atoms with E-state index in [1.807, 2.05) is 52.1 Å². The number of nitrogens with one attached hydrogen (secondary N) is 1. The third kappa shape index (κ3) is 4.95. The molecule has 9 heteroatoms. The molecule has 8 nitrogen and oxygen atoms in total. The summed E-state index contributed by atoms with van der Waals surface area (Å²) in [5.41, 5.74) is 4.97. The lowest BCUT2D eigenvalue weighted by atomic mass is 10.0.